The number of fused-ring (bicyclic) bond motifs is 1. The maximum Gasteiger partial charge on any atom is 0.170 e. The van der Waals surface area contributed by atoms with Crippen LogP contribution in [-0.2, 0) is 0 Å². The Morgan fingerprint density at radius 2 is 2.06 bits per heavy atom. The van der Waals surface area contributed by atoms with E-state index in [4.69, 9.17) is 10.5 Å². The van der Waals surface area contributed by atoms with Crippen LogP contribution in [0.3, 0.4) is 0 Å². The van der Waals surface area contributed by atoms with Crippen LogP contribution >= 0.6 is 0 Å². The zero-order chi connectivity index (χ0) is 12.5. The van der Waals surface area contributed by atoms with Crippen LogP contribution in [0.5, 0.6) is 5.75 Å². The van der Waals surface area contributed by atoms with Gasteiger partial charge in [-0.05, 0) is 24.3 Å². The molecule has 0 saturated carbocycles. The second kappa shape index (κ2) is 4.03. The molecular weight excluding hydrogens is 228 g/mol. The lowest BCUT2D eigenvalue weighted by Crippen LogP contribution is -1.95. The van der Waals surface area contributed by atoms with Crippen molar-refractivity contribution in [2.45, 2.75) is 0 Å². The molecule has 5 nitrogen and oxygen atoms in total. The number of nitrogens with two attached hydrogens (primary N) is 1. The fourth-order valence-electron chi connectivity index (χ4n) is 1.90. The number of nitrogens with zero attached hydrogens (tertiary/aromatic N) is 3. The maximum absolute atomic E-state index is 6.02. The van der Waals surface area contributed by atoms with E-state index in [0.29, 0.717) is 5.69 Å². The number of rotatable bonds is 2. The number of hydrogen-bond donors (Lipinski definition) is 1. The van der Waals surface area contributed by atoms with E-state index < -0.39 is 0 Å². The first-order valence-corrected chi connectivity index (χ1v) is 5.53. The summed E-state index contributed by atoms with van der Waals surface area (Å²) < 4.78 is 7.03. The monoisotopic (exact) mass is 240 g/mol. The normalized spacial score (nSPS) is 10.7. The first-order valence-electron chi connectivity index (χ1n) is 5.53. The number of methoxy groups -OCH3 is 1. The molecule has 0 atom stereocenters. The lowest BCUT2D eigenvalue weighted by molar-refractivity contribution is 0.415. The van der Waals surface area contributed by atoms with Gasteiger partial charge in [-0.3, -0.25) is 4.40 Å². The van der Waals surface area contributed by atoms with E-state index in [1.54, 1.807) is 13.2 Å². The molecule has 2 N–H and O–H groups in total. The fourth-order valence-corrected chi connectivity index (χ4v) is 1.90. The molecule has 90 valence electrons. The average Bonchev–Trinajstić information content (AvgIpc) is 2.82. The Balaban J connectivity index is 2.20. The van der Waals surface area contributed by atoms with Gasteiger partial charge in [0.1, 0.15) is 5.75 Å². The molecule has 1 aromatic carbocycles. The van der Waals surface area contributed by atoms with E-state index in [1.165, 1.54) is 0 Å². The Morgan fingerprint density at radius 3 is 2.83 bits per heavy atom. The number of ether oxygens (including phenoxy) is 1. The highest BCUT2D eigenvalue weighted by Crippen LogP contribution is 2.28. The maximum atomic E-state index is 6.02. The van der Waals surface area contributed by atoms with Gasteiger partial charge in [-0.25, -0.2) is 0 Å². The Morgan fingerprint density at radius 1 is 1.17 bits per heavy atom. The third-order valence-corrected chi connectivity index (χ3v) is 2.81. The number of aromatic nitrogens is 3. The summed E-state index contributed by atoms with van der Waals surface area (Å²) in [5.74, 6) is 1.45. The number of nitrogen functional groups attached to an aromatic ring is 1. The zero-order valence-electron chi connectivity index (χ0n) is 9.87. The minimum absolute atomic E-state index is 0.618. The summed E-state index contributed by atoms with van der Waals surface area (Å²) in [5.41, 5.74) is 8.27. The van der Waals surface area contributed by atoms with Gasteiger partial charge in [0, 0.05) is 23.5 Å². The van der Waals surface area contributed by atoms with E-state index in [1.807, 2.05) is 40.9 Å². The third-order valence-electron chi connectivity index (χ3n) is 2.81. The Hall–Kier alpha value is -2.56. The van der Waals surface area contributed by atoms with Gasteiger partial charge in [-0.2, -0.15) is 0 Å². The average molecular weight is 240 g/mol. The molecule has 0 unspecified atom stereocenters. The molecule has 0 amide bonds. The van der Waals surface area contributed by atoms with Crippen molar-refractivity contribution in [3.63, 3.8) is 0 Å². The second-order valence-corrected chi connectivity index (χ2v) is 3.91. The summed E-state index contributed by atoms with van der Waals surface area (Å²) in [6, 6.07) is 11.3. The first kappa shape index (κ1) is 10.6. The summed E-state index contributed by atoms with van der Waals surface area (Å²) in [4.78, 5) is 0. The number of benzene rings is 1. The molecule has 18 heavy (non-hydrogen) atoms. The summed E-state index contributed by atoms with van der Waals surface area (Å²) in [6.07, 6.45) is 1.91. The highest BCUT2D eigenvalue weighted by atomic mass is 16.5. The van der Waals surface area contributed by atoms with Crippen LogP contribution in [0.25, 0.3) is 17.0 Å². The van der Waals surface area contributed by atoms with Gasteiger partial charge in [0.05, 0.1) is 7.11 Å². The molecule has 0 fully saturated rings. The quantitative estimate of drug-likeness (QED) is 0.696. The van der Waals surface area contributed by atoms with Crippen molar-refractivity contribution in [1.82, 2.24) is 14.6 Å². The van der Waals surface area contributed by atoms with Crippen LogP contribution in [0.15, 0.2) is 42.6 Å². The fraction of sp³-hybridized carbons (Fsp3) is 0.0769. The van der Waals surface area contributed by atoms with Crippen molar-refractivity contribution in [2.75, 3.05) is 12.8 Å². The molecular formula is C13H12N4O. The Kier molecular flexibility index (Phi) is 2.37. The molecule has 2 heterocycles. The van der Waals surface area contributed by atoms with E-state index in [2.05, 4.69) is 10.2 Å². The number of hydrogen-bond acceptors (Lipinski definition) is 4. The first-order chi connectivity index (χ1) is 8.79. The molecule has 0 saturated heterocycles. The second-order valence-electron chi connectivity index (χ2n) is 3.91. The minimum Gasteiger partial charge on any atom is -0.497 e. The number of anilines is 1. The topological polar surface area (TPSA) is 65.4 Å². The Labute approximate surface area is 104 Å². The zero-order valence-corrected chi connectivity index (χ0v) is 9.87. The molecule has 3 rings (SSSR count). The third kappa shape index (κ3) is 1.57. The van der Waals surface area contributed by atoms with Crippen molar-refractivity contribution in [2.24, 2.45) is 0 Å². The van der Waals surface area contributed by atoms with Crippen LogP contribution in [-0.4, -0.2) is 21.7 Å². The summed E-state index contributed by atoms with van der Waals surface area (Å²) in [6.45, 7) is 0. The van der Waals surface area contributed by atoms with Gasteiger partial charge in [-0.15, -0.1) is 10.2 Å². The summed E-state index contributed by atoms with van der Waals surface area (Å²) in [7, 11) is 1.61. The van der Waals surface area contributed by atoms with Gasteiger partial charge in [0.25, 0.3) is 0 Å². The summed E-state index contributed by atoms with van der Waals surface area (Å²) in [5, 5.41) is 8.28. The van der Waals surface area contributed by atoms with Crippen molar-refractivity contribution in [1.29, 1.82) is 0 Å². The lowest BCUT2D eigenvalue weighted by atomic mass is 10.1. The highest BCUT2D eigenvalue weighted by molar-refractivity contribution is 5.74. The van der Waals surface area contributed by atoms with Crippen LogP contribution < -0.4 is 10.5 Å². The van der Waals surface area contributed by atoms with Gasteiger partial charge >= 0.3 is 0 Å². The number of pyridine rings is 1. The molecule has 0 spiro atoms. The minimum atomic E-state index is 0.618. The van der Waals surface area contributed by atoms with Gasteiger partial charge in [-0.1, -0.05) is 6.07 Å². The standard InChI is InChI=1S/C13H12N4O/c1-18-9-5-6-10(11(14)8-9)13-16-15-12-4-2-3-7-17(12)13/h2-8H,14H2,1H3. The molecule has 2 aromatic heterocycles. The van der Waals surface area contributed by atoms with Crippen LogP contribution in [0.1, 0.15) is 0 Å². The van der Waals surface area contributed by atoms with E-state index in [-0.39, 0.29) is 0 Å². The Bertz CT molecular complexity index is 705. The van der Waals surface area contributed by atoms with E-state index in [0.717, 1.165) is 22.8 Å². The molecule has 0 radical (unpaired) electrons. The van der Waals surface area contributed by atoms with Crippen molar-refractivity contribution in [3.8, 4) is 17.1 Å². The van der Waals surface area contributed by atoms with Crippen LogP contribution in [0.4, 0.5) is 5.69 Å². The van der Waals surface area contributed by atoms with Crippen molar-refractivity contribution >= 4 is 11.3 Å². The molecule has 5 heteroatoms. The predicted octanol–water partition coefficient (Wildman–Crippen LogP) is 1.99. The van der Waals surface area contributed by atoms with Gasteiger partial charge in [0.2, 0.25) is 0 Å². The van der Waals surface area contributed by atoms with Gasteiger partial charge in [0.15, 0.2) is 11.5 Å². The lowest BCUT2D eigenvalue weighted by Gasteiger charge is -2.06. The predicted molar refractivity (Wildman–Crippen MR) is 69.4 cm³/mol. The molecule has 3 aromatic rings. The van der Waals surface area contributed by atoms with Crippen LogP contribution in [0, 0.1) is 0 Å². The van der Waals surface area contributed by atoms with Crippen molar-refractivity contribution < 1.29 is 4.74 Å². The summed E-state index contributed by atoms with van der Waals surface area (Å²) >= 11 is 0. The van der Waals surface area contributed by atoms with Crippen molar-refractivity contribution in [3.05, 3.63) is 42.6 Å². The molecule has 0 aliphatic heterocycles. The molecule has 0 aliphatic carbocycles. The molecule has 0 aliphatic rings. The van der Waals surface area contributed by atoms with Gasteiger partial charge < -0.3 is 10.5 Å². The van der Waals surface area contributed by atoms with E-state index >= 15 is 0 Å². The molecule has 0 bridgehead atoms. The highest BCUT2D eigenvalue weighted by Gasteiger charge is 2.10. The largest absolute Gasteiger partial charge is 0.497 e. The SMILES string of the molecule is COc1ccc(-c2nnc3ccccn23)c(N)c1. The smallest absolute Gasteiger partial charge is 0.170 e. The van der Waals surface area contributed by atoms with Crippen LogP contribution in [0.2, 0.25) is 0 Å². The van der Waals surface area contributed by atoms with E-state index in [9.17, 15) is 0 Å².